The molecule has 2 aromatic carbocycles. The molecule has 1 saturated heterocycles. The van der Waals surface area contributed by atoms with E-state index in [0.29, 0.717) is 6.04 Å². The minimum Gasteiger partial charge on any atom is -0.310 e. The molecule has 0 amide bonds. The van der Waals surface area contributed by atoms with Crippen LogP contribution >= 0.6 is 0 Å². The Kier molecular flexibility index (Phi) is 2.46. The molecule has 1 N–H and O–H groups in total. The molecule has 0 aromatic heterocycles. The van der Waals surface area contributed by atoms with Crippen molar-refractivity contribution in [3.8, 4) is 11.1 Å². The summed E-state index contributed by atoms with van der Waals surface area (Å²) in [5.74, 6) is 0.561. The van der Waals surface area contributed by atoms with E-state index in [1.54, 1.807) is 0 Å². The molecule has 1 unspecified atom stereocenters. The second-order valence-electron chi connectivity index (χ2n) is 5.58. The molecule has 1 aliphatic carbocycles. The third-order valence-corrected chi connectivity index (χ3v) is 4.48. The van der Waals surface area contributed by atoms with Crippen molar-refractivity contribution in [1.29, 1.82) is 0 Å². The second-order valence-corrected chi connectivity index (χ2v) is 5.58. The first-order chi connectivity index (χ1) is 9.31. The number of rotatable bonds is 1. The summed E-state index contributed by atoms with van der Waals surface area (Å²) in [4.78, 5) is 0. The molecule has 0 radical (unpaired) electrons. The summed E-state index contributed by atoms with van der Waals surface area (Å²) in [6.45, 7) is 1.12. The van der Waals surface area contributed by atoms with Gasteiger partial charge in [0.2, 0.25) is 0 Å². The molecule has 2 bridgehead atoms. The van der Waals surface area contributed by atoms with Crippen LogP contribution in [0.25, 0.3) is 11.1 Å². The van der Waals surface area contributed by atoms with E-state index in [9.17, 15) is 4.39 Å². The number of piperidine rings is 1. The van der Waals surface area contributed by atoms with Crippen LogP contribution in [0.1, 0.15) is 35.9 Å². The van der Waals surface area contributed by atoms with Gasteiger partial charge in [-0.2, -0.15) is 0 Å². The highest BCUT2D eigenvalue weighted by Gasteiger charge is 2.33. The maximum Gasteiger partial charge on any atom is 0.123 e. The van der Waals surface area contributed by atoms with E-state index in [0.717, 1.165) is 18.0 Å². The highest BCUT2D eigenvalue weighted by Crippen LogP contribution is 2.45. The van der Waals surface area contributed by atoms with Crippen molar-refractivity contribution < 1.29 is 4.39 Å². The molecule has 1 nitrogen and oxygen atoms in total. The van der Waals surface area contributed by atoms with Crippen LogP contribution in [-0.2, 0) is 0 Å². The monoisotopic (exact) mass is 253 g/mol. The summed E-state index contributed by atoms with van der Waals surface area (Å²) >= 11 is 0. The van der Waals surface area contributed by atoms with Crippen molar-refractivity contribution >= 4 is 0 Å². The summed E-state index contributed by atoms with van der Waals surface area (Å²) in [5, 5.41) is 3.59. The SMILES string of the molecule is Fc1ccc(-c2ccc3c(c2)[C@H]2CC3CCN2)cc1. The van der Waals surface area contributed by atoms with Crippen LogP contribution in [0.5, 0.6) is 0 Å². The Bertz CT molecular complexity index is 618. The van der Waals surface area contributed by atoms with E-state index in [2.05, 4.69) is 23.5 Å². The molecule has 96 valence electrons. The largest absolute Gasteiger partial charge is 0.310 e. The van der Waals surface area contributed by atoms with Gasteiger partial charge in [-0.1, -0.05) is 24.3 Å². The van der Waals surface area contributed by atoms with Crippen molar-refractivity contribution in [1.82, 2.24) is 5.32 Å². The Morgan fingerprint density at radius 2 is 1.74 bits per heavy atom. The Balaban J connectivity index is 1.78. The van der Waals surface area contributed by atoms with Gasteiger partial charge in [0.25, 0.3) is 0 Å². The number of halogens is 1. The van der Waals surface area contributed by atoms with E-state index >= 15 is 0 Å². The molecule has 2 aliphatic rings. The molecule has 2 heteroatoms. The van der Waals surface area contributed by atoms with Crippen LogP contribution < -0.4 is 5.32 Å². The van der Waals surface area contributed by atoms with Gasteiger partial charge in [0.1, 0.15) is 5.82 Å². The summed E-state index contributed by atoms with van der Waals surface area (Å²) in [6.07, 6.45) is 2.49. The van der Waals surface area contributed by atoms with E-state index < -0.39 is 0 Å². The molecule has 2 aromatic rings. The molecule has 0 saturated carbocycles. The molecule has 1 heterocycles. The number of hydrogen-bond acceptors (Lipinski definition) is 1. The first-order valence-corrected chi connectivity index (χ1v) is 6.94. The zero-order valence-corrected chi connectivity index (χ0v) is 10.7. The lowest BCUT2D eigenvalue weighted by molar-refractivity contribution is 0.410. The number of nitrogens with one attached hydrogen (secondary N) is 1. The van der Waals surface area contributed by atoms with E-state index in [4.69, 9.17) is 0 Å². The van der Waals surface area contributed by atoms with Crippen molar-refractivity contribution in [2.75, 3.05) is 6.54 Å². The first kappa shape index (κ1) is 11.2. The third kappa shape index (κ3) is 1.79. The molecular formula is C17H16FN. The van der Waals surface area contributed by atoms with E-state index in [-0.39, 0.29) is 5.82 Å². The van der Waals surface area contributed by atoms with E-state index in [1.165, 1.54) is 41.7 Å². The normalized spacial score (nSPS) is 24.3. The fraction of sp³-hybridized carbons (Fsp3) is 0.294. The van der Waals surface area contributed by atoms with Gasteiger partial charge < -0.3 is 5.32 Å². The van der Waals surface area contributed by atoms with Gasteiger partial charge in [0, 0.05) is 6.04 Å². The lowest BCUT2D eigenvalue weighted by atomic mass is 9.95. The van der Waals surface area contributed by atoms with Crippen LogP contribution in [0.3, 0.4) is 0 Å². The molecular weight excluding hydrogens is 237 g/mol. The van der Waals surface area contributed by atoms with Gasteiger partial charge >= 0.3 is 0 Å². The minimum absolute atomic E-state index is 0.178. The topological polar surface area (TPSA) is 12.0 Å². The maximum absolute atomic E-state index is 13.0. The van der Waals surface area contributed by atoms with Crippen LogP contribution in [0, 0.1) is 5.82 Å². The van der Waals surface area contributed by atoms with Crippen LogP contribution in [0.2, 0.25) is 0 Å². The molecule has 0 spiro atoms. The number of hydrogen-bond donors (Lipinski definition) is 1. The Labute approximate surface area is 112 Å². The standard InChI is InChI=1S/C17H16FN/c18-14-4-1-11(2-5-14)12-3-6-15-13-7-8-19-17(10-13)16(15)9-12/h1-6,9,13,17,19H,7-8,10H2/t13?,17-/m1/s1. The highest BCUT2D eigenvalue weighted by atomic mass is 19.1. The minimum atomic E-state index is -0.178. The lowest BCUT2D eigenvalue weighted by Crippen LogP contribution is -2.25. The number of fused-ring (bicyclic) bond motifs is 5. The third-order valence-electron chi connectivity index (χ3n) is 4.48. The van der Waals surface area contributed by atoms with Gasteiger partial charge in [0.15, 0.2) is 0 Å². The average molecular weight is 253 g/mol. The second kappa shape index (κ2) is 4.17. The lowest BCUT2D eigenvalue weighted by Gasteiger charge is -2.20. The van der Waals surface area contributed by atoms with Crippen molar-refractivity contribution in [2.24, 2.45) is 0 Å². The average Bonchev–Trinajstić information content (AvgIpc) is 2.71. The molecule has 2 atom stereocenters. The smallest absolute Gasteiger partial charge is 0.123 e. The zero-order chi connectivity index (χ0) is 12.8. The summed E-state index contributed by atoms with van der Waals surface area (Å²) in [6, 6.07) is 14.0. The Hall–Kier alpha value is -1.67. The summed E-state index contributed by atoms with van der Waals surface area (Å²) < 4.78 is 13.0. The summed E-state index contributed by atoms with van der Waals surface area (Å²) in [5.41, 5.74) is 5.24. The molecule has 4 rings (SSSR count). The van der Waals surface area contributed by atoms with Gasteiger partial charge in [-0.25, -0.2) is 4.39 Å². The van der Waals surface area contributed by atoms with Crippen molar-refractivity contribution in [3.05, 3.63) is 59.4 Å². The molecule has 1 aliphatic heterocycles. The maximum atomic E-state index is 13.0. The summed E-state index contributed by atoms with van der Waals surface area (Å²) in [7, 11) is 0. The van der Waals surface area contributed by atoms with Gasteiger partial charge in [0.05, 0.1) is 0 Å². The van der Waals surface area contributed by atoms with Crippen molar-refractivity contribution in [2.45, 2.75) is 24.8 Å². The first-order valence-electron chi connectivity index (χ1n) is 6.94. The van der Waals surface area contributed by atoms with Crippen LogP contribution in [0.15, 0.2) is 42.5 Å². The van der Waals surface area contributed by atoms with Gasteiger partial charge in [-0.15, -0.1) is 0 Å². The van der Waals surface area contributed by atoms with Gasteiger partial charge in [-0.05, 0) is 65.8 Å². The van der Waals surface area contributed by atoms with Crippen molar-refractivity contribution in [3.63, 3.8) is 0 Å². The van der Waals surface area contributed by atoms with Crippen LogP contribution in [0.4, 0.5) is 4.39 Å². The fourth-order valence-electron chi connectivity index (χ4n) is 3.51. The van der Waals surface area contributed by atoms with Crippen LogP contribution in [-0.4, -0.2) is 6.54 Å². The van der Waals surface area contributed by atoms with E-state index in [1.807, 2.05) is 12.1 Å². The molecule has 19 heavy (non-hydrogen) atoms. The highest BCUT2D eigenvalue weighted by molar-refractivity contribution is 5.66. The van der Waals surface area contributed by atoms with Gasteiger partial charge in [-0.3, -0.25) is 0 Å². The predicted octanol–water partition coefficient (Wildman–Crippen LogP) is 4.01. The molecule has 1 fully saturated rings. The fourth-order valence-corrected chi connectivity index (χ4v) is 3.51. The predicted molar refractivity (Wildman–Crippen MR) is 74.6 cm³/mol. The Morgan fingerprint density at radius 1 is 0.947 bits per heavy atom. The zero-order valence-electron chi connectivity index (χ0n) is 10.7. The Morgan fingerprint density at radius 3 is 2.58 bits per heavy atom. The number of benzene rings is 2. The quantitative estimate of drug-likeness (QED) is 0.809.